The van der Waals surface area contributed by atoms with Crippen molar-refractivity contribution in [1.29, 1.82) is 0 Å². The van der Waals surface area contributed by atoms with Gasteiger partial charge in [-0.1, -0.05) is 30.3 Å². The van der Waals surface area contributed by atoms with Crippen molar-refractivity contribution >= 4 is 39.1 Å². The van der Waals surface area contributed by atoms with E-state index >= 15 is 0 Å². The van der Waals surface area contributed by atoms with E-state index in [0.29, 0.717) is 22.8 Å². The molecule has 0 saturated carbocycles. The van der Waals surface area contributed by atoms with Gasteiger partial charge in [0.2, 0.25) is 0 Å². The fourth-order valence-electron chi connectivity index (χ4n) is 3.21. The number of carboxylic acids is 1. The van der Waals surface area contributed by atoms with Gasteiger partial charge in [0.15, 0.2) is 5.13 Å². The summed E-state index contributed by atoms with van der Waals surface area (Å²) in [5, 5.41) is 14.7. The summed E-state index contributed by atoms with van der Waals surface area (Å²) in [6.45, 7) is 0. The van der Waals surface area contributed by atoms with Gasteiger partial charge in [0, 0.05) is 10.4 Å². The van der Waals surface area contributed by atoms with Gasteiger partial charge in [-0.25, -0.2) is 4.98 Å². The van der Waals surface area contributed by atoms with E-state index in [2.05, 4.69) is 10.3 Å². The van der Waals surface area contributed by atoms with E-state index < -0.39 is 11.9 Å². The Balaban J connectivity index is 1.59. The molecule has 0 fully saturated rings. The van der Waals surface area contributed by atoms with E-state index in [-0.39, 0.29) is 5.91 Å². The van der Waals surface area contributed by atoms with Crippen LogP contribution in [0.4, 0.5) is 5.13 Å². The minimum Gasteiger partial charge on any atom is -0.481 e. The van der Waals surface area contributed by atoms with Crippen molar-refractivity contribution < 1.29 is 14.7 Å². The molecule has 2 N–H and O–H groups in total. The number of carbonyl (C=O) groups excluding carboxylic acids is 1. The fourth-order valence-corrected chi connectivity index (χ4v) is 4.27. The number of carbonyl (C=O) groups is 2. The minimum atomic E-state index is -0.848. The molecular formula is C19H16N2O3S. The number of nitrogens with one attached hydrogen (secondary N) is 1. The standard InChI is InChI=1S/C19H16N2O3S/c22-17(13-9-8-11-4-1-2-5-12(11)10-13)21-19-20-16-14(18(23)24)6-3-7-15(16)25-19/h1-2,4-5,8-10,14H,3,6-7H2,(H,23,24)(H,20,21,22). The maximum absolute atomic E-state index is 12.5. The van der Waals surface area contributed by atoms with Gasteiger partial charge in [0.25, 0.3) is 5.91 Å². The second-order valence-corrected chi connectivity index (χ2v) is 7.21. The van der Waals surface area contributed by atoms with E-state index in [0.717, 1.165) is 28.5 Å². The van der Waals surface area contributed by atoms with Crippen molar-refractivity contribution in [2.45, 2.75) is 25.2 Å². The molecular weight excluding hydrogens is 336 g/mol. The molecule has 1 aromatic heterocycles. The molecule has 5 nitrogen and oxygen atoms in total. The van der Waals surface area contributed by atoms with Crippen LogP contribution in [0.3, 0.4) is 0 Å². The number of fused-ring (bicyclic) bond motifs is 2. The summed E-state index contributed by atoms with van der Waals surface area (Å²) in [6, 6.07) is 13.4. The minimum absolute atomic E-state index is 0.233. The van der Waals surface area contributed by atoms with Crippen LogP contribution in [0.1, 0.15) is 39.7 Å². The molecule has 6 heteroatoms. The van der Waals surface area contributed by atoms with Crippen molar-refractivity contribution in [3.05, 3.63) is 58.6 Å². The predicted molar refractivity (Wildman–Crippen MR) is 97.3 cm³/mol. The summed E-state index contributed by atoms with van der Waals surface area (Å²) >= 11 is 1.38. The number of amides is 1. The van der Waals surface area contributed by atoms with E-state index in [9.17, 15) is 14.7 Å². The molecule has 1 amide bonds. The van der Waals surface area contributed by atoms with Gasteiger partial charge in [-0.2, -0.15) is 0 Å². The summed E-state index contributed by atoms with van der Waals surface area (Å²) in [5.41, 5.74) is 1.17. The van der Waals surface area contributed by atoms with Gasteiger partial charge in [0.05, 0.1) is 5.69 Å². The van der Waals surface area contributed by atoms with Crippen LogP contribution in [0.5, 0.6) is 0 Å². The molecule has 1 aliphatic rings. The molecule has 1 heterocycles. The molecule has 0 radical (unpaired) electrons. The average molecular weight is 352 g/mol. The van der Waals surface area contributed by atoms with Crippen LogP contribution >= 0.6 is 11.3 Å². The number of anilines is 1. The van der Waals surface area contributed by atoms with Crippen LogP contribution in [-0.4, -0.2) is 22.0 Å². The lowest BCUT2D eigenvalue weighted by atomic mass is 9.91. The molecule has 0 spiro atoms. The number of aliphatic carboxylic acids is 1. The Kier molecular flexibility index (Phi) is 3.97. The Hall–Kier alpha value is -2.73. The van der Waals surface area contributed by atoms with Gasteiger partial charge >= 0.3 is 5.97 Å². The Morgan fingerprint density at radius 3 is 2.76 bits per heavy atom. The van der Waals surface area contributed by atoms with Gasteiger partial charge < -0.3 is 5.11 Å². The van der Waals surface area contributed by atoms with Crippen molar-refractivity contribution in [2.75, 3.05) is 5.32 Å². The highest BCUT2D eigenvalue weighted by Crippen LogP contribution is 2.36. The van der Waals surface area contributed by atoms with Gasteiger partial charge in [-0.05, 0) is 42.2 Å². The van der Waals surface area contributed by atoms with Gasteiger partial charge in [-0.3, -0.25) is 14.9 Å². The maximum Gasteiger partial charge on any atom is 0.312 e. The zero-order valence-electron chi connectivity index (χ0n) is 13.4. The van der Waals surface area contributed by atoms with E-state index in [1.54, 1.807) is 6.07 Å². The summed E-state index contributed by atoms with van der Waals surface area (Å²) < 4.78 is 0. The zero-order chi connectivity index (χ0) is 17.4. The Morgan fingerprint density at radius 2 is 1.96 bits per heavy atom. The topological polar surface area (TPSA) is 79.3 Å². The molecule has 25 heavy (non-hydrogen) atoms. The third-order valence-corrected chi connectivity index (χ3v) is 5.53. The van der Waals surface area contributed by atoms with Crippen LogP contribution in [0.2, 0.25) is 0 Å². The molecule has 0 saturated heterocycles. The summed E-state index contributed by atoms with van der Waals surface area (Å²) in [5.74, 6) is -1.64. The molecule has 1 aliphatic carbocycles. The zero-order valence-corrected chi connectivity index (χ0v) is 14.2. The largest absolute Gasteiger partial charge is 0.481 e. The number of hydrogen-bond acceptors (Lipinski definition) is 4. The highest BCUT2D eigenvalue weighted by atomic mass is 32.1. The smallest absolute Gasteiger partial charge is 0.312 e. The van der Waals surface area contributed by atoms with E-state index in [4.69, 9.17) is 0 Å². The van der Waals surface area contributed by atoms with Crippen molar-refractivity contribution in [3.8, 4) is 0 Å². The second kappa shape index (κ2) is 6.29. The number of benzene rings is 2. The first kappa shape index (κ1) is 15.8. The first-order chi connectivity index (χ1) is 12.1. The van der Waals surface area contributed by atoms with E-state index in [1.165, 1.54) is 11.3 Å². The maximum atomic E-state index is 12.5. The van der Waals surface area contributed by atoms with Crippen LogP contribution < -0.4 is 5.32 Å². The van der Waals surface area contributed by atoms with Crippen molar-refractivity contribution in [1.82, 2.24) is 4.98 Å². The Bertz CT molecular complexity index is 980. The Labute approximate surface area is 148 Å². The molecule has 1 unspecified atom stereocenters. The quantitative estimate of drug-likeness (QED) is 0.745. The lowest BCUT2D eigenvalue weighted by molar-refractivity contribution is -0.139. The highest BCUT2D eigenvalue weighted by molar-refractivity contribution is 7.15. The average Bonchev–Trinajstić information content (AvgIpc) is 3.03. The summed E-state index contributed by atoms with van der Waals surface area (Å²) in [6.07, 6.45) is 2.26. The van der Waals surface area contributed by atoms with Gasteiger partial charge in [-0.15, -0.1) is 11.3 Å². The molecule has 2 aromatic carbocycles. The Morgan fingerprint density at radius 1 is 1.16 bits per heavy atom. The first-order valence-corrected chi connectivity index (χ1v) is 8.96. The summed E-state index contributed by atoms with van der Waals surface area (Å²) in [7, 11) is 0. The van der Waals surface area contributed by atoms with Crippen LogP contribution in [0, 0.1) is 0 Å². The first-order valence-electron chi connectivity index (χ1n) is 8.14. The molecule has 4 rings (SSSR count). The molecule has 3 aromatic rings. The normalized spacial score (nSPS) is 16.4. The molecule has 0 aliphatic heterocycles. The predicted octanol–water partition coefficient (Wildman–Crippen LogP) is 4.05. The van der Waals surface area contributed by atoms with E-state index in [1.807, 2.05) is 36.4 Å². The molecule has 126 valence electrons. The number of carboxylic acid groups (broad SMARTS) is 1. The van der Waals surface area contributed by atoms with Crippen LogP contribution in [0.25, 0.3) is 10.8 Å². The summed E-state index contributed by atoms with van der Waals surface area (Å²) in [4.78, 5) is 29.2. The fraction of sp³-hybridized carbons (Fsp3) is 0.211. The highest BCUT2D eigenvalue weighted by Gasteiger charge is 2.30. The second-order valence-electron chi connectivity index (χ2n) is 6.13. The van der Waals surface area contributed by atoms with Crippen LogP contribution in [-0.2, 0) is 11.2 Å². The molecule has 1 atom stereocenters. The lowest BCUT2D eigenvalue weighted by Gasteiger charge is -2.16. The number of thiazole rings is 1. The SMILES string of the molecule is O=C(Nc1nc2c(s1)CCCC2C(=O)O)c1ccc2ccccc2c1. The number of aryl methyl sites for hydroxylation is 1. The van der Waals surface area contributed by atoms with Crippen LogP contribution in [0.15, 0.2) is 42.5 Å². The number of nitrogens with zero attached hydrogens (tertiary/aromatic N) is 1. The lowest BCUT2D eigenvalue weighted by Crippen LogP contribution is -2.17. The van der Waals surface area contributed by atoms with Crippen molar-refractivity contribution in [2.24, 2.45) is 0 Å². The monoisotopic (exact) mass is 352 g/mol. The third-order valence-electron chi connectivity index (χ3n) is 4.48. The number of aromatic nitrogens is 1. The molecule has 0 bridgehead atoms. The number of rotatable bonds is 3. The number of hydrogen-bond donors (Lipinski definition) is 2. The van der Waals surface area contributed by atoms with Crippen molar-refractivity contribution in [3.63, 3.8) is 0 Å². The van der Waals surface area contributed by atoms with Gasteiger partial charge in [0.1, 0.15) is 5.92 Å². The third kappa shape index (κ3) is 3.00.